The fourth-order valence-electron chi connectivity index (χ4n) is 2.00. The summed E-state index contributed by atoms with van der Waals surface area (Å²) >= 11 is 1.61. The van der Waals surface area contributed by atoms with Crippen LogP contribution < -0.4 is 5.73 Å². The lowest BCUT2D eigenvalue weighted by molar-refractivity contribution is 1.06. The third-order valence-corrected chi connectivity index (χ3v) is 4.09. The molecule has 2 aromatic heterocycles. The second kappa shape index (κ2) is 4.85. The molecular formula is C14H14N4S. The first-order valence-corrected chi connectivity index (χ1v) is 6.95. The average Bonchev–Trinajstić information content (AvgIpc) is 3.05. The summed E-state index contributed by atoms with van der Waals surface area (Å²) in [6.07, 6.45) is 2.70. The largest absolute Gasteiger partial charge is 0.390 e. The van der Waals surface area contributed by atoms with E-state index in [1.807, 2.05) is 34.9 Å². The van der Waals surface area contributed by atoms with Crippen LogP contribution in [-0.2, 0) is 6.42 Å². The van der Waals surface area contributed by atoms with Crippen LogP contribution in [0.25, 0.3) is 17.1 Å². The normalized spacial score (nSPS) is 10.8. The predicted octanol–water partition coefficient (Wildman–Crippen LogP) is 3.14. The van der Waals surface area contributed by atoms with Crippen molar-refractivity contribution in [3.05, 3.63) is 47.6 Å². The van der Waals surface area contributed by atoms with Gasteiger partial charge in [0, 0.05) is 10.6 Å². The summed E-state index contributed by atoms with van der Waals surface area (Å²) in [4.78, 5) is 1.26. The number of nitrogens with two attached hydrogens (primary N) is 1. The molecule has 0 amide bonds. The molecule has 1 aromatic carbocycles. The molecule has 2 heterocycles. The summed E-state index contributed by atoms with van der Waals surface area (Å²) < 4.78 is 1.96. The minimum Gasteiger partial charge on any atom is -0.390 e. The number of para-hydroxylation sites is 1. The molecule has 0 saturated carbocycles. The monoisotopic (exact) mass is 270 g/mol. The topological polar surface area (TPSA) is 56.7 Å². The van der Waals surface area contributed by atoms with E-state index in [0.717, 1.165) is 28.5 Å². The zero-order valence-corrected chi connectivity index (χ0v) is 11.4. The standard InChI is InChI=1S/C14H14N4S/c1-2-11-8-12(13(15)19-11)14-17-16-9-18(14)10-6-4-3-5-7-10/h3-9H,2,15H2,1H3. The molecule has 0 atom stereocenters. The summed E-state index contributed by atoms with van der Waals surface area (Å²) in [5.41, 5.74) is 8.09. The maximum atomic E-state index is 6.09. The van der Waals surface area contributed by atoms with E-state index in [1.54, 1.807) is 17.7 Å². The number of nitrogen functional groups attached to an aromatic ring is 1. The van der Waals surface area contributed by atoms with Crippen molar-refractivity contribution in [2.45, 2.75) is 13.3 Å². The van der Waals surface area contributed by atoms with Crippen molar-refractivity contribution in [2.75, 3.05) is 5.73 Å². The molecule has 0 spiro atoms. The molecule has 4 nitrogen and oxygen atoms in total. The van der Waals surface area contributed by atoms with E-state index >= 15 is 0 Å². The second-order valence-electron chi connectivity index (χ2n) is 4.20. The van der Waals surface area contributed by atoms with Gasteiger partial charge in [0.2, 0.25) is 0 Å². The lowest BCUT2D eigenvalue weighted by Crippen LogP contribution is -1.96. The van der Waals surface area contributed by atoms with Gasteiger partial charge in [-0.25, -0.2) is 0 Å². The number of benzene rings is 1. The molecule has 0 bridgehead atoms. The zero-order valence-electron chi connectivity index (χ0n) is 10.6. The average molecular weight is 270 g/mol. The molecule has 19 heavy (non-hydrogen) atoms. The first kappa shape index (κ1) is 11.9. The first-order chi connectivity index (χ1) is 9.29. The molecule has 0 fully saturated rings. The van der Waals surface area contributed by atoms with Gasteiger partial charge in [-0.1, -0.05) is 25.1 Å². The Hall–Kier alpha value is -2.14. The minimum absolute atomic E-state index is 0.791. The number of nitrogens with zero attached hydrogens (tertiary/aromatic N) is 3. The van der Waals surface area contributed by atoms with Gasteiger partial charge in [-0.3, -0.25) is 4.57 Å². The predicted molar refractivity (Wildman–Crippen MR) is 78.5 cm³/mol. The third kappa shape index (κ3) is 2.13. The molecule has 5 heteroatoms. The number of aromatic nitrogens is 3. The Labute approximate surface area is 115 Å². The number of thiophene rings is 1. The number of hydrogen-bond donors (Lipinski definition) is 1. The molecule has 96 valence electrons. The Balaban J connectivity index is 2.12. The summed E-state index contributed by atoms with van der Waals surface area (Å²) in [5, 5.41) is 9.02. The van der Waals surface area contributed by atoms with Gasteiger partial charge in [-0.2, -0.15) is 0 Å². The minimum atomic E-state index is 0.791. The Morgan fingerprint density at radius 1 is 1.26 bits per heavy atom. The van der Waals surface area contributed by atoms with Gasteiger partial charge in [0.1, 0.15) is 6.33 Å². The fraction of sp³-hybridized carbons (Fsp3) is 0.143. The highest BCUT2D eigenvalue weighted by Gasteiger charge is 2.14. The molecule has 0 aliphatic rings. The molecule has 0 aliphatic heterocycles. The third-order valence-electron chi connectivity index (χ3n) is 2.98. The van der Waals surface area contributed by atoms with E-state index in [-0.39, 0.29) is 0 Å². The molecule has 0 unspecified atom stereocenters. The Kier molecular flexibility index (Phi) is 3.05. The van der Waals surface area contributed by atoms with E-state index in [9.17, 15) is 0 Å². The second-order valence-corrected chi connectivity index (χ2v) is 5.37. The first-order valence-electron chi connectivity index (χ1n) is 6.13. The molecule has 0 aliphatic carbocycles. The van der Waals surface area contributed by atoms with Crippen LogP contribution in [0.1, 0.15) is 11.8 Å². The van der Waals surface area contributed by atoms with Crippen LogP contribution in [0.5, 0.6) is 0 Å². The van der Waals surface area contributed by atoms with E-state index < -0.39 is 0 Å². The van der Waals surface area contributed by atoms with Gasteiger partial charge in [-0.15, -0.1) is 21.5 Å². The Morgan fingerprint density at radius 2 is 2.05 bits per heavy atom. The van der Waals surface area contributed by atoms with Crippen molar-refractivity contribution in [3.63, 3.8) is 0 Å². The summed E-state index contributed by atoms with van der Waals surface area (Å²) in [6.45, 7) is 2.12. The van der Waals surface area contributed by atoms with Crippen LogP contribution in [0.15, 0.2) is 42.7 Å². The zero-order chi connectivity index (χ0) is 13.2. The summed E-state index contributed by atoms with van der Waals surface area (Å²) in [6, 6.07) is 12.1. The fourth-order valence-corrected chi connectivity index (χ4v) is 2.87. The van der Waals surface area contributed by atoms with Gasteiger partial charge < -0.3 is 5.73 Å². The van der Waals surface area contributed by atoms with Crippen LogP contribution in [0.4, 0.5) is 5.00 Å². The summed E-state index contributed by atoms with van der Waals surface area (Å²) in [7, 11) is 0. The van der Waals surface area contributed by atoms with E-state index in [1.165, 1.54) is 4.88 Å². The molecular weight excluding hydrogens is 256 g/mol. The van der Waals surface area contributed by atoms with Gasteiger partial charge >= 0.3 is 0 Å². The highest BCUT2D eigenvalue weighted by Crippen LogP contribution is 2.33. The van der Waals surface area contributed by atoms with Gasteiger partial charge in [0.25, 0.3) is 0 Å². The molecule has 0 radical (unpaired) electrons. The van der Waals surface area contributed by atoms with Gasteiger partial charge in [0.05, 0.1) is 10.6 Å². The van der Waals surface area contributed by atoms with Crippen molar-refractivity contribution >= 4 is 16.3 Å². The van der Waals surface area contributed by atoms with Crippen LogP contribution in [0.3, 0.4) is 0 Å². The van der Waals surface area contributed by atoms with Crippen molar-refractivity contribution in [1.29, 1.82) is 0 Å². The van der Waals surface area contributed by atoms with Gasteiger partial charge in [-0.05, 0) is 24.6 Å². The van der Waals surface area contributed by atoms with Crippen LogP contribution >= 0.6 is 11.3 Å². The SMILES string of the molecule is CCc1cc(-c2nncn2-c2ccccc2)c(N)s1. The molecule has 3 aromatic rings. The van der Waals surface area contributed by atoms with Crippen LogP contribution in [0, 0.1) is 0 Å². The smallest absolute Gasteiger partial charge is 0.171 e. The quantitative estimate of drug-likeness (QED) is 0.795. The van der Waals surface area contributed by atoms with E-state index in [2.05, 4.69) is 23.2 Å². The number of aryl methyl sites for hydroxylation is 1. The molecule has 2 N–H and O–H groups in total. The van der Waals surface area contributed by atoms with Crippen molar-refractivity contribution in [2.24, 2.45) is 0 Å². The number of rotatable bonds is 3. The lowest BCUT2D eigenvalue weighted by atomic mass is 10.2. The maximum Gasteiger partial charge on any atom is 0.171 e. The van der Waals surface area contributed by atoms with Crippen LogP contribution in [0.2, 0.25) is 0 Å². The lowest BCUT2D eigenvalue weighted by Gasteiger charge is -2.05. The van der Waals surface area contributed by atoms with E-state index in [0.29, 0.717) is 0 Å². The molecule has 0 saturated heterocycles. The van der Waals surface area contributed by atoms with Gasteiger partial charge in [0.15, 0.2) is 5.82 Å². The highest BCUT2D eigenvalue weighted by atomic mass is 32.1. The van der Waals surface area contributed by atoms with Crippen molar-refractivity contribution in [1.82, 2.24) is 14.8 Å². The molecule has 3 rings (SSSR count). The summed E-state index contributed by atoms with van der Waals surface area (Å²) in [5.74, 6) is 0.791. The van der Waals surface area contributed by atoms with Crippen LogP contribution in [-0.4, -0.2) is 14.8 Å². The van der Waals surface area contributed by atoms with Crippen molar-refractivity contribution < 1.29 is 0 Å². The van der Waals surface area contributed by atoms with Crippen molar-refractivity contribution in [3.8, 4) is 17.1 Å². The highest BCUT2D eigenvalue weighted by molar-refractivity contribution is 7.16. The maximum absolute atomic E-state index is 6.09. The number of anilines is 1. The van der Waals surface area contributed by atoms with E-state index in [4.69, 9.17) is 5.73 Å². The number of hydrogen-bond acceptors (Lipinski definition) is 4. The Bertz CT molecular complexity index is 685. The Morgan fingerprint density at radius 3 is 2.74 bits per heavy atom.